The highest BCUT2D eigenvalue weighted by Crippen LogP contribution is 2.30. The third kappa shape index (κ3) is 5.42. The van der Waals surface area contributed by atoms with Crippen molar-refractivity contribution in [3.63, 3.8) is 0 Å². The number of benzene rings is 1. The van der Waals surface area contributed by atoms with E-state index in [2.05, 4.69) is 34.4 Å². The van der Waals surface area contributed by atoms with Crippen LogP contribution < -0.4 is 10.1 Å². The smallest absolute Gasteiger partial charge is 0.415 e. The third-order valence-electron chi connectivity index (χ3n) is 2.85. The van der Waals surface area contributed by atoms with Crippen molar-refractivity contribution in [3.05, 3.63) is 64.9 Å². The Balaban J connectivity index is 2.96. The van der Waals surface area contributed by atoms with Gasteiger partial charge in [-0.2, -0.15) is 13.2 Å². The molecule has 1 aromatic carbocycles. The quantitative estimate of drug-likeness (QED) is 0.506. The van der Waals surface area contributed by atoms with Gasteiger partial charge in [-0.3, -0.25) is 4.79 Å². The average Bonchev–Trinajstić information content (AvgIpc) is 2.50. The topological polar surface area (TPSA) is 38.3 Å². The minimum atomic E-state index is -4.54. The van der Waals surface area contributed by atoms with E-state index in [9.17, 15) is 18.0 Å². The van der Waals surface area contributed by atoms with Crippen molar-refractivity contribution >= 4 is 33.4 Å². The van der Waals surface area contributed by atoms with E-state index in [1.54, 1.807) is 6.07 Å². The highest BCUT2D eigenvalue weighted by molar-refractivity contribution is 9.08. The van der Waals surface area contributed by atoms with Crippen molar-refractivity contribution in [1.82, 2.24) is 5.32 Å². The summed E-state index contributed by atoms with van der Waals surface area (Å²) in [5.41, 5.74) is -0.293. The Hall–Kier alpha value is -1.73. The van der Waals surface area contributed by atoms with Crippen LogP contribution in [0.15, 0.2) is 48.7 Å². The largest absolute Gasteiger partial charge is 0.496 e. The molecular weight excluding hydrogens is 411 g/mol. The molecule has 0 aliphatic carbocycles. The van der Waals surface area contributed by atoms with Gasteiger partial charge in [-0.1, -0.05) is 40.7 Å². The maximum Gasteiger partial charge on any atom is 0.415 e. The summed E-state index contributed by atoms with van der Waals surface area (Å²) in [4.78, 5) is 12.3. The first-order valence-corrected chi connectivity index (χ1v) is 7.97. The van der Waals surface area contributed by atoms with Crippen LogP contribution in [-0.2, 0) is 5.33 Å². The zero-order valence-electron chi connectivity index (χ0n) is 12.6. The maximum atomic E-state index is 12.4. The molecule has 0 spiro atoms. The molecule has 0 aliphatic rings. The summed E-state index contributed by atoms with van der Waals surface area (Å²) >= 11 is 9.22. The number of hydrogen-bond donors (Lipinski definition) is 1. The van der Waals surface area contributed by atoms with E-state index in [4.69, 9.17) is 16.3 Å². The number of halogens is 5. The standard InChI is InChI=1S/C16H14BrClF3NO2/c1-9(16(19,20)21)4-5-10(2)22-15(23)13-7-12(18)6-11(8-17)14(13)24-3/h4-7H,1-2,8H2,3H3,(H,22,23)/b5-4-. The molecule has 130 valence electrons. The van der Waals surface area contributed by atoms with Crippen molar-refractivity contribution < 1.29 is 22.7 Å². The van der Waals surface area contributed by atoms with E-state index >= 15 is 0 Å². The number of carbonyl (C=O) groups excluding carboxylic acids is 1. The van der Waals surface area contributed by atoms with Crippen molar-refractivity contribution in [2.75, 3.05) is 7.11 Å². The van der Waals surface area contributed by atoms with E-state index in [0.29, 0.717) is 21.7 Å². The van der Waals surface area contributed by atoms with Gasteiger partial charge in [0.25, 0.3) is 5.91 Å². The number of rotatable bonds is 6. The first-order valence-electron chi connectivity index (χ1n) is 6.47. The maximum absolute atomic E-state index is 12.4. The van der Waals surface area contributed by atoms with Crippen molar-refractivity contribution in [1.29, 1.82) is 0 Å². The van der Waals surface area contributed by atoms with E-state index in [-0.39, 0.29) is 11.3 Å². The number of methoxy groups -OCH3 is 1. The number of amides is 1. The van der Waals surface area contributed by atoms with Crippen LogP contribution in [-0.4, -0.2) is 19.2 Å². The predicted molar refractivity (Wildman–Crippen MR) is 91.6 cm³/mol. The Morgan fingerprint density at radius 2 is 2.00 bits per heavy atom. The summed E-state index contributed by atoms with van der Waals surface area (Å²) in [6.07, 6.45) is -2.81. The predicted octanol–water partition coefficient (Wildman–Crippen LogP) is 5.16. The van der Waals surface area contributed by atoms with Gasteiger partial charge in [0.2, 0.25) is 0 Å². The van der Waals surface area contributed by atoms with Gasteiger partial charge in [-0.15, -0.1) is 0 Å². The van der Waals surface area contributed by atoms with Gasteiger partial charge in [0.15, 0.2) is 0 Å². The van der Waals surface area contributed by atoms with Gasteiger partial charge in [-0.05, 0) is 24.3 Å². The Morgan fingerprint density at radius 1 is 1.38 bits per heavy atom. The summed E-state index contributed by atoms with van der Waals surface area (Å²) in [6.45, 7) is 6.37. The number of ether oxygens (including phenoxy) is 1. The molecule has 1 rings (SSSR count). The molecule has 24 heavy (non-hydrogen) atoms. The molecule has 8 heteroatoms. The molecule has 1 amide bonds. The summed E-state index contributed by atoms with van der Waals surface area (Å²) in [5, 5.41) is 3.10. The van der Waals surface area contributed by atoms with Gasteiger partial charge >= 0.3 is 6.18 Å². The van der Waals surface area contributed by atoms with Gasteiger partial charge < -0.3 is 10.1 Å². The van der Waals surface area contributed by atoms with Gasteiger partial charge in [0.05, 0.1) is 12.7 Å². The zero-order valence-corrected chi connectivity index (χ0v) is 15.0. The first-order chi connectivity index (χ1) is 11.1. The Kier molecular flexibility index (Phi) is 7.10. The molecule has 0 bridgehead atoms. The Bertz CT molecular complexity index is 699. The van der Waals surface area contributed by atoms with Crippen LogP contribution in [0.5, 0.6) is 5.75 Å². The summed E-state index contributed by atoms with van der Waals surface area (Å²) < 4.78 is 42.3. The number of carbonyl (C=O) groups is 1. The fraction of sp³-hybridized carbons (Fsp3) is 0.188. The SMILES string of the molecule is C=C(/C=C\C(=C)C(F)(F)F)NC(=O)c1cc(Cl)cc(CBr)c1OC. The molecule has 0 unspecified atom stereocenters. The minimum Gasteiger partial charge on any atom is -0.496 e. The molecule has 0 aliphatic heterocycles. The van der Waals surface area contributed by atoms with Gasteiger partial charge in [0.1, 0.15) is 5.75 Å². The van der Waals surface area contributed by atoms with Crippen molar-refractivity contribution in [2.24, 2.45) is 0 Å². The van der Waals surface area contributed by atoms with Crippen LogP contribution in [0.3, 0.4) is 0 Å². The minimum absolute atomic E-state index is 0.0344. The molecule has 0 fully saturated rings. The molecule has 1 aromatic rings. The van der Waals surface area contributed by atoms with Crippen LogP contribution in [0.1, 0.15) is 15.9 Å². The number of alkyl halides is 4. The molecule has 1 N–H and O–H groups in total. The summed E-state index contributed by atoms with van der Waals surface area (Å²) in [7, 11) is 1.40. The van der Waals surface area contributed by atoms with Gasteiger partial charge in [0, 0.05) is 27.2 Å². The molecule has 0 radical (unpaired) electrons. The molecule has 0 saturated heterocycles. The molecular formula is C16H14BrClF3NO2. The molecule has 0 saturated carbocycles. The first kappa shape index (κ1) is 20.3. The van der Waals surface area contributed by atoms with Crippen LogP contribution in [0, 0.1) is 0 Å². The van der Waals surface area contributed by atoms with Crippen molar-refractivity contribution in [3.8, 4) is 5.75 Å². The number of nitrogens with one attached hydrogen (secondary N) is 1. The Labute approximate surface area is 151 Å². The van der Waals surface area contributed by atoms with Crippen molar-refractivity contribution in [2.45, 2.75) is 11.5 Å². The summed E-state index contributed by atoms with van der Waals surface area (Å²) in [5.74, 6) is -0.297. The lowest BCUT2D eigenvalue weighted by Crippen LogP contribution is -2.22. The molecule has 0 atom stereocenters. The van der Waals surface area contributed by atoms with Gasteiger partial charge in [-0.25, -0.2) is 0 Å². The Morgan fingerprint density at radius 3 is 2.50 bits per heavy atom. The second kappa shape index (κ2) is 8.39. The average molecular weight is 425 g/mol. The lowest BCUT2D eigenvalue weighted by molar-refractivity contribution is -0.0878. The highest BCUT2D eigenvalue weighted by Gasteiger charge is 2.29. The highest BCUT2D eigenvalue weighted by atomic mass is 79.9. The second-order valence-corrected chi connectivity index (χ2v) is 5.61. The lowest BCUT2D eigenvalue weighted by atomic mass is 10.1. The number of hydrogen-bond acceptors (Lipinski definition) is 2. The van der Waals surface area contributed by atoms with E-state index in [1.165, 1.54) is 13.2 Å². The third-order valence-corrected chi connectivity index (χ3v) is 3.67. The van der Waals surface area contributed by atoms with Crippen LogP contribution in [0.4, 0.5) is 13.2 Å². The zero-order chi connectivity index (χ0) is 18.5. The van der Waals surface area contributed by atoms with E-state index in [1.807, 2.05) is 0 Å². The summed E-state index contributed by atoms with van der Waals surface area (Å²) in [6, 6.07) is 3.03. The molecule has 0 heterocycles. The lowest BCUT2D eigenvalue weighted by Gasteiger charge is -2.13. The number of allylic oxidation sites excluding steroid dienone is 3. The van der Waals surface area contributed by atoms with Crippen LogP contribution in [0.25, 0.3) is 0 Å². The fourth-order valence-electron chi connectivity index (χ4n) is 1.71. The molecule has 0 aromatic heterocycles. The molecule has 3 nitrogen and oxygen atoms in total. The second-order valence-electron chi connectivity index (χ2n) is 4.62. The van der Waals surface area contributed by atoms with Crippen LogP contribution >= 0.6 is 27.5 Å². The normalized spacial score (nSPS) is 11.4. The monoisotopic (exact) mass is 423 g/mol. The van der Waals surface area contributed by atoms with E-state index < -0.39 is 17.7 Å². The fourth-order valence-corrected chi connectivity index (χ4v) is 2.37. The van der Waals surface area contributed by atoms with Crippen LogP contribution in [0.2, 0.25) is 5.02 Å². The van der Waals surface area contributed by atoms with E-state index in [0.717, 1.165) is 12.2 Å².